The summed E-state index contributed by atoms with van der Waals surface area (Å²) in [5.41, 5.74) is 5.39. The minimum Gasteiger partial charge on any atom is -0.358 e. The first-order valence-electron chi connectivity index (χ1n) is 16.2. The van der Waals surface area contributed by atoms with E-state index < -0.39 is 7.81 Å². The normalized spacial score (nSPS) is 10.4. The largest absolute Gasteiger partial charge is 5.00 e. The molecular weight excluding hydrogens is 887 g/mol. The van der Waals surface area contributed by atoms with Crippen molar-refractivity contribution in [3.8, 4) is 35.1 Å². The summed E-state index contributed by atoms with van der Waals surface area (Å²) in [5, 5.41) is 52.7. The second-order valence-electron chi connectivity index (χ2n) is 10.4. The molecule has 0 amide bonds. The Hall–Kier alpha value is -6.05. The molecule has 0 atom stereocenters. The van der Waals surface area contributed by atoms with Crippen LogP contribution in [0.3, 0.4) is 0 Å². The quantitative estimate of drug-likeness (QED) is 0.0497. The number of aromatic nitrogens is 8. The van der Waals surface area contributed by atoms with Crippen molar-refractivity contribution >= 4 is 26.5 Å². The smallest absolute Gasteiger partial charge is 0.358 e. The van der Waals surface area contributed by atoms with Gasteiger partial charge in [-0.1, -0.05) is 98.8 Å². The minimum atomic E-state index is -10.7. The third-order valence-electron chi connectivity index (χ3n) is 6.14. The van der Waals surface area contributed by atoms with Crippen LogP contribution in [0.1, 0.15) is 37.5 Å². The van der Waals surface area contributed by atoms with E-state index in [9.17, 15) is 25.2 Å². The monoisotopic (exact) mass is 930 g/mol. The summed E-state index contributed by atoms with van der Waals surface area (Å²) in [4.78, 5) is 0. The van der Waals surface area contributed by atoms with Gasteiger partial charge in [0.25, 0.3) is 0 Å². The summed E-state index contributed by atoms with van der Waals surface area (Å²) in [5.74, 6) is 2.32. The molecule has 0 aliphatic heterocycles. The Morgan fingerprint density at radius 3 is 1.56 bits per heavy atom. The van der Waals surface area contributed by atoms with E-state index in [2.05, 4.69) is 62.7 Å². The molecule has 317 valence electrons. The average Bonchev–Trinajstić information content (AvgIpc) is 3.84. The third-order valence-corrected chi connectivity index (χ3v) is 6.14. The number of benzene rings is 4. The molecule has 0 saturated heterocycles. The van der Waals surface area contributed by atoms with Crippen molar-refractivity contribution in [1.82, 2.24) is 40.4 Å². The molecule has 0 saturated carbocycles. The Morgan fingerprint density at radius 1 is 0.678 bits per heavy atom. The van der Waals surface area contributed by atoms with E-state index in [1.54, 1.807) is 37.2 Å². The summed E-state index contributed by atoms with van der Waals surface area (Å²) in [6.45, 7) is 11.5. The Kier molecular flexibility index (Phi) is 27.5. The summed E-state index contributed by atoms with van der Waals surface area (Å²) in [6, 6.07) is 36.9. The fraction of sp³-hybridized carbons (Fsp3) is 0.184. The predicted octanol–water partition coefficient (Wildman–Crippen LogP) is 10.8. The summed E-state index contributed by atoms with van der Waals surface area (Å²) in [7, 11) is -8.99. The van der Waals surface area contributed by atoms with Crippen molar-refractivity contribution in [2.75, 3.05) is 7.11 Å². The number of methoxy groups -OCH3 is 1. The van der Waals surface area contributed by atoms with Crippen LogP contribution in [0.2, 0.25) is 0 Å². The van der Waals surface area contributed by atoms with Crippen LogP contribution in [0.15, 0.2) is 103 Å². The number of aryl methyl sites for hydroxylation is 1. The number of para-hydroxylation sites is 1. The molecule has 59 heavy (non-hydrogen) atoms. The van der Waals surface area contributed by atoms with Crippen LogP contribution in [0.25, 0.3) is 39.0 Å². The van der Waals surface area contributed by atoms with Gasteiger partial charge < -0.3 is 28.4 Å². The van der Waals surface area contributed by atoms with Crippen molar-refractivity contribution in [3.63, 3.8) is 0 Å². The van der Waals surface area contributed by atoms with Crippen LogP contribution < -0.4 is 4.74 Å². The summed E-state index contributed by atoms with van der Waals surface area (Å²) in [6.07, 6.45) is 3.00. The molecular formula is C38H43F6N12OPRu-. The molecule has 0 unspecified atom stereocenters. The van der Waals surface area contributed by atoms with Gasteiger partial charge >= 0.3 is 52.5 Å². The zero-order chi connectivity index (χ0) is 43.4. The molecule has 1 radical (unpaired) electrons. The number of rotatable bonds is 7. The maximum Gasteiger partial charge on any atom is 5.00 e. The van der Waals surface area contributed by atoms with Gasteiger partial charge in [0.15, 0.2) is 5.82 Å². The van der Waals surface area contributed by atoms with E-state index in [0.717, 1.165) is 52.7 Å². The fourth-order valence-electron chi connectivity index (χ4n) is 4.09. The molecule has 0 bridgehead atoms. The summed E-state index contributed by atoms with van der Waals surface area (Å²) >= 11 is 0. The van der Waals surface area contributed by atoms with E-state index in [1.807, 2.05) is 91.0 Å². The zero-order valence-corrected chi connectivity index (χ0v) is 35.5. The van der Waals surface area contributed by atoms with E-state index in [-0.39, 0.29) is 26.9 Å². The number of hydrogen-bond acceptors (Lipinski definition) is 8. The first kappa shape index (κ1) is 57.3. The maximum atomic E-state index is 9.87. The standard InChI is InChI=1S/C15H14N4O.C15H13N4.3C2H4N.CHN.CH3.F6P.Ru/c1-20-14-10-6-5-9-13(14)11-19-15(16-17-18-19)12-7-3-2-4-8-12;1-12-7-5-6-10-14(12)11-19-15(16-17-18-19)13-8-3-2-4-9-13;3*1-2-3;1-2;;1-7(2,3,4,5)6;/h2-10H,11H2,1H3;2-8,10H,11H2,1H3;3*2H,1H3;1H;1H3;;/q;4*-1;;2*-1;+5. The maximum absolute atomic E-state index is 10.7. The van der Waals surface area contributed by atoms with Gasteiger partial charge in [0.1, 0.15) is 5.75 Å². The number of hydrogen-bond donors (Lipinski definition) is 0. The van der Waals surface area contributed by atoms with Crippen molar-refractivity contribution in [3.05, 3.63) is 150 Å². The van der Waals surface area contributed by atoms with Crippen molar-refractivity contribution in [2.24, 2.45) is 0 Å². The first-order chi connectivity index (χ1) is 26.9. The van der Waals surface area contributed by atoms with Gasteiger partial charge in [-0.15, -0.1) is 41.0 Å². The van der Waals surface area contributed by atoms with Crippen molar-refractivity contribution < 1.29 is 49.4 Å². The molecule has 2 heterocycles. The van der Waals surface area contributed by atoms with E-state index >= 15 is 0 Å². The van der Waals surface area contributed by atoms with Crippen LogP contribution >= 0.6 is 7.81 Å². The molecule has 0 spiro atoms. The molecule has 0 aliphatic carbocycles. The van der Waals surface area contributed by atoms with Gasteiger partial charge in [-0.2, -0.15) is 5.10 Å². The van der Waals surface area contributed by atoms with Crippen molar-refractivity contribution in [1.29, 1.82) is 5.26 Å². The van der Waals surface area contributed by atoms with Gasteiger partial charge in [0.2, 0.25) is 0 Å². The molecule has 4 aromatic carbocycles. The number of ether oxygens (including phenoxy) is 1. The van der Waals surface area contributed by atoms with Crippen LogP contribution in [-0.4, -0.2) is 66.2 Å². The van der Waals surface area contributed by atoms with E-state index in [0.29, 0.717) is 13.1 Å². The number of nitrogens with zero attached hydrogens (tertiary/aromatic N) is 12. The SMILES string of the molecule is C#N.CC=[N-].CC=[N-].CC=[N-].COc1ccccc1Cn1nnnc1-c1ccccc1.Cc1ccccc1Cn1nnnc1-c1[c-]cccc1.F[P-](F)(F)(F)(F)F.[CH3-].[Ru+5]. The van der Waals surface area contributed by atoms with Gasteiger partial charge in [-0.25, -0.2) is 28.6 Å². The van der Waals surface area contributed by atoms with Crippen LogP contribution in [0.4, 0.5) is 25.2 Å². The average molecular weight is 930 g/mol. The molecule has 6 rings (SSSR count). The Bertz CT molecular complexity index is 2040. The van der Waals surface area contributed by atoms with Crippen LogP contribution in [0, 0.1) is 32.3 Å². The Balaban J connectivity index is -0.000000744. The zero-order valence-electron chi connectivity index (χ0n) is 32.9. The van der Waals surface area contributed by atoms with Crippen molar-refractivity contribution in [2.45, 2.75) is 40.8 Å². The molecule has 0 N–H and O–H groups in total. The van der Waals surface area contributed by atoms with E-state index in [1.165, 1.54) is 11.1 Å². The molecule has 2 aromatic heterocycles. The molecule has 0 aliphatic rings. The molecule has 21 heteroatoms. The topological polar surface area (TPSA) is 187 Å². The Labute approximate surface area is 353 Å². The number of tetrazole rings is 2. The van der Waals surface area contributed by atoms with Gasteiger partial charge in [-0.05, 0) is 39.8 Å². The number of halogens is 6. The van der Waals surface area contributed by atoms with Gasteiger partial charge in [0, 0.05) is 17.7 Å². The fourth-order valence-corrected chi connectivity index (χ4v) is 4.09. The van der Waals surface area contributed by atoms with Crippen LogP contribution in [-0.2, 0) is 32.6 Å². The predicted molar refractivity (Wildman–Crippen MR) is 220 cm³/mol. The minimum absolute atomic E-state index is 0. The molecule has 13 nitrogen and oxygen atoms in total. The second kappa shape index (κ2) is 28.4. The summed E-state index contributed by atoms with van der Waals surface area (Å²) < 4.78 is 68.1. The Morgan fingerprint density at radius 2 is 1.08 bits per heavy atom. The van der Waals surface area contributed by atoms with E-state index in [4.69, 9.17) is 26.2 Å². The first-order valence-corrected chi connectivity index (χ1v) is 18.2. The second-order valence-corrected chi connectivity index (χ2v) is 12.4. The third kappa shape index (κ3) is 26.5. The van der Waals surface area contributed by atoms with Gasteiger partial charge in [0.05, 0.1) is 26.0 Å². The molecule has 6 aromatic rings. The van der Waals surface area contributed by atoms with Gasteiger partial charge in [-0.3, -0.25) is 4.68 Å². The molecule has 0 fully saturated rings. The number of nitriles is 1. The van der Waals surface area contributed by atoms with Crippen LogP contribution in [0.5, 0.6) is 5.75 Å².